The molecule has 3 aromatic rings. The molecule has 3 rings (SSSR count). The summed E-state index contributed by atoms with van der Waals surface area (Å²) in [5.74, 6) is 0. The van der Waals surface area contributed by atoms with E-state index in [1.165, 1.54) is 34.8 Å². The fourth-order valence-corrected chi connectivity index (χ4v) is 4.46. The fraction of sp³-hybridized carbons (Fsp3) is 0.0769. The van der Waals surface area contributed by atoms with Crippen molar-refractivity contribution in [3.8, 4) is 0 Å². The summed E-state index contributed by atoms with van der Waals surface area (Å²) in [4.78, 5) is 9.05. The number of nitrogens with zero attached hydrogens (tertiary/aromatic N) is 2. The normalized spacial score (nSPS) is 11.3. The predicted octanol–water partition coefficient (Wildman–Crippen LogP) is 3.67. The number of benzene rings is 1. The first-order valence-corrected chi connectivity index (χ1v) is 9.95. The van der Waals surface area contributed by atoms with Gasteiger partial charge in [0.05, 0.1) is 11.4 Å². The molecule has 0 amide bonds. The lowest BCUT2D eigenvalue weighted by atomic mass is 10.3. The van der Waals surface area contributed by atoms with Gasteiger partial charge < -0.3 is 5.32 Å². The van der Waals surface area contributed by atoms with Gasteiger partial charge in [0, 0.05) is 28.3 Å². The third-order valence-electron chi connectivity index (χ3n) is 2.81. The summed E-state index contributed by atoms with van der Waals surface area (Å²) >= 11 is 8.40. The first-order valence-electron chi connectivity index (χ1n) is 6.39. The summed E-state index contributed by atoms with van der Waals surface area (Å²) in [7, 11) is -3.62. The molecule has 120 valence electrons. The second-order valence-electron chi connectivity index (χ2n) is 4.40. The first kappa shape index (κ1) is 16.2. The van der Waals surface area contributed by atoms with E-state index >= 15 is 0 Å². The standard InChI is InChI=1S/C13H11ClN4O2S3/c14-12-17-8-10(22-12)7-16-9-1-3-11(4-2-9)23(19,20)18-13-15-5-6-21-13/h1-6,8,16H,7H2,(H,15,18). The number of aromatic nitrogens is 2. The van der Waals surface area contributed by atoms with Gasteiger partial charge in [-0.1, -0.05) is 11.6 Å². The number of hydrogen-bond donors (Lipinski definition) is 2. The summed E-state index contributed by atoms with van der Waals surface area (Å²) in [5.41, 5.74) is 0.808. The number of anilines is 2. The Balaban J connectivity index is 1.66. The Morgan fingerprint density at radius 3 is 2.57 bits per heavy atom. The molecule has 0 unspecified atom stereocenters. The van der Waals surface area contributed by atoms with E-state index in [0.29, 0.717) is 16.1 Å². The summed E-state index contributed by atoms with van der Waals surface area (Å²) < 4.78 is 27.3. The maximum absolute atomic E-state index is 12.2. The molecule has 0 radical (unpaired) electrons. The number of sulfonamides is 1. The van der Waals surface area contributed by atoms with Gasteiger partial charge in [0.15, 0.2) is 9.60 Å². The fourth-order valence-electron chi connectivity index (χ4n) is 1.75. The van der Waals surface area contributed by atoms with E-state index in [0.717, 1.165) is 10.6 Å². The molecule has 1 aromatic carbocycles. The van der Waals surface area contributed by atoms with Crippen molar-refractivity contribution in [1.29, 1.82) is 0 Å². The number of halogens is 1. The Morgan fingerprint density at radius 2 is 1.96 bits per heavy atom. The summed E-state index contributed by atoms with van der Waals surface area (Å²) in [6, 6.07) is 6.49. The Labute approximate surface area is 146 Å². The van der Waals surface area contributed by atoms with Gasteiger partial charge in [-0.3, -0.25) is 4.72 Å². The van der Waals surface area contributed by atoms with Crippen LogP contribution in [0.5, 0.6) is 0 Å². The number of rotatable bonds is 6. The van der Waals surface area contributed by atoms with Crippen LogP contribution in [0, 0.1) is 0 Å². The Hall–Kier alpha value is -1.68. The molecule has 0 spiro atoms. The van der Waals surface area contributed by atoms with E-state index in [4.69, 9.17) is 11.6 Å². The van der Waals surface area contributed by atoms with Crippen LogP contribution in [0.4, 0.5) is 10.8 Å². The molecule has 0 aliphatic rings. The summed E-state index contributed by atoms with van der Waals surface area (Å²) in [6.07, 6.45) is 3.25. The van der Waals surface area contributed by atoms with Crippen molar-refractivity contribution in [2.75, 3.05) is 10.0 Å². The molecular formula is C13H11ClN4O2S3. The monoisotopic (exact) mass is 386 g/mol. The van der Waals surface area contributed by atoms with Gasteiger partial charge in [-0.05, 0) is 24.3 Å². The minimum absolute atomic E-state index is 0.180. The quantitative estimate of drug-likeness (QED) is 0.675. The first-order chi connectivity index (χ1) is 11.0. The topological polar surface area (TPSA) is 84.0 Å². The zero-order valence-electron chi connectivity index (χ0n) is 11.6. The highest BCUT2D eigenvalue weighted by Crippen LogP contribution is 2.21. The number of thiazole rings is 2. The second kappa shape index (κ2) is 6.83. The predicted molar refractivity (Wildman–Crippen MR) is 93.8 cm³/mol. The van der Waals surface area contributed by atoms with Crippen LogP contribution in [0.2, 0.25) is 4.47 Å². The smallest absolute Gasteiger partial charge is 0.263 e. The molecule has 10 heteroatoms. The minimum atomic E-state index is -3.62. The van der Waals surface area contributed by atoms with E-state index in [-0.39, 0.29) is 4.90 Å². The molecule has 2 N–H and O–H groups in total. The molecule has 23 heavy (non-hydrogen) atoms. The summed E-state index contributed by atoms with van der Waals surface area (Å²) in [6.45, 7) is 0.577. The van der Waals surface area contributed by atoms with Crippen molar-refractivity contribution in [1.82, 2.24) is 9.97 Å². The highest BCUT2D eigenvalue weighted by molar-refractivity contribution is 7.93. The number of nitrogens with one attached hydrogen (secondary N) is 2. The van der Waals surface area contributed by atoms with Crippen LogP contribution in [0.1, 0.15) is 4.88 Å². The molecule has 0 aliphatic carbocycles. The van der Waals surface area contributed by atoms with Crippen LogP contribution >= 0.6 is 34.3 Å². The van der Waals surface area contributed by atoms with Crippen LogP contribution in [-0.2, 0) is 16.6 Å². The molecule has 6 nitrogen and oxygen atoms in total. The zero-order valence-corrected chi connectivity index (χ0v) is 14.8. The van der Waals surface area contributed by atoms with Gasteiger partial charge in [-0.25, -0.2) is 18.4 Å². The van der Waals surface area contributed by atoms with Gasteiger partial charge in [-0.2, -0.15) is 0 Å². The van der Waals surface area contributed by atoms with E-state index in [2.05, 4.69) is 20.0 Å². The molecule has 0 saturated carbocycles. The Bertz CT molecular complexity index is 876. The molecule has 0 aliphatic heterocycles. The maximum Gasteiger partial charge on any atom is 0.263 e. The van der Waals surface area contributed by atoms with Crippen molar-refractivity contribution in [3.05, 3.63) is 51.4 Å². The van der Waals surface area contributed by atoms with Gasteiger partial charge in [0.2, 0.25) is 0 Å². The van der Waals surface area contributed by atoms with Crippen molar-refractivity contribution in [2.24, 2.45) is 0 Å². The maximum atomic E-state index is 12.2. The molecule has 0 bridgehead atoms. The summed E-state index contributed by atoms with van der Waals surface area (Å²) in [5, 5.41) is 5.23. The van der Waals surface area contributed by atoms with E-state index in [9.17, 15) is 8.42 Å². The lowest BCUT2D eigenvalue weighted by Gasteiger charge is -2.07. The van der Waals surface area contributed by atoms with Gasteiger partial charge in [0.25, 0.3) is 10.0 Å². The van der Waals surface area contributed by atoms with Crippen molar-refractivity contribution in [2.45, 2.75) is 11.4 Å². The number of hydrogen-bond acceptors (Lipinski definition) is 7. The average Bonchev–Trinajstić information content (AvgIpc) is 3.17. The van der Waals surface area contributed by atoms with Crippen LogP contribution in [0.15, 0.2) is 46.9 Å². The second-order valence-corrected chi connectivity index (χ2v) is 8.67. The van der Waals surface area contributed by atoms with Crippen LogP contribution in [0.3, 0.4) is 0 Å². The van der Waals surface area contributed by atoms with Gasteiger partial charge in [-0.15, -0.1) is 22.7 Å². The van der Waals surface area contributed by atoms with Crippen LogP contribution in [0.25, 0.3) is 0 Å². The van der Waals surface area contributed by atoms with Crippen LogP contribution < -0.4 is 10.0 Å². The molecule has 0 saturated heterocycles. The van der Waals surface area contributed by atoms with E-state index in [1.807, 2.05) is 0 Å². The van der Waals surface area contributed by atoms with Crippen molar-refractivity contribution >= 4 is 55.1 Å². The molecule has 0 atom stereocenters. The average molecular weight is 387 g/mol. The highest BCUT2D eigenvalue weighted by Gasteiger charge is 2.15. The largest absolute Gasteiger partial charge is 0.380 e. The minimum Gasteiger partial charge on any atom is -0.380 e. The van der Waals surface area contributed by atoms with Crippen molar-refractivity contribution in [3.63, 3.8) is 0 Å². The SMILES string of the molecule is O=S(=O)(Nc1nccs1)c1ccc(NCc2cnc(Cl)s2)cc1. The van der Waals surface area contributed by atoms with Gasteiger partial charge >= 0.3 is 0 Å². The van der Waals surface area contributed by atoms with E-state index < -0.39 is 10.0 Å². The van der Waals surface area contributed by atoms with Gasteiger partial charge in [0.1, 0.15) is 0 Å². The van der Waals surface area contributed by atoms with Crippen LogP contribution in [-0.4, -0.2) is 18.4 Å². The lowest BCUT2D eigenvalue weighted by Crippen LogP contribution is -2.12. The van der Waals surface area contributed by atoms with E-state index in [1.54, 1.807) is 29.9 Å². The third-order valence-corrected chi connectivity index (χ3v) is 6.10. The molecule has 0 fully saturated rings. The lowest BCUT2D eigenvalue weighted by molar-refractivity contribution is 0.601. The Kier molecular flexibility index (Phi) is 4.81. The Morgan fingerprint density at radius 1 is 1.17 bits per heavy atom. The molecular weight excluding hydrogens is 376 g/mol. The molecule has 2 aromatic heterocycles. The highest BCUT2D eigenvalue weighted by atomic mass is 35.5. The zero-order chi connectivity index (χ0) is 16.3. The third kappa shape index (κ3) is 4.20. The van der Waals surface area contributed by atoms with Crippen molar-refractivity contribution < 1.29 is 8.42 Å². The molecule has 2 heterocycles.